The second-order valence-corrected chi connectivity index (χ2v) is 5.61. The van der Waals surface area contributed by atoms with Crippen molar-refractivity contribution >= 4 is 29.2 Å². The van der Waals surface area contributed by atoms with E-state index < -0.39 is 0 Å². The van der Waals surface area contributed by atoms with Crippen molar-refractivity contribution in [1.82, 2.24) is 4.72 Å². The Bertz CT molecular complexity index is 421. The van der Waals surface area contributed by atoms with Crippen molar-refractivity contribution in [1.29, 1.82) is 0 Å². The first-order chi connectivity index (χ1) is 7.16. The molecular weight excluding hydrogens is 228 g/mol. The predicted octanol–water partition coefficient (Wildman–Crippen LogP) is 3.22. The standard InChI is InChI=1S/C11H13ClN2S/c1-6-5-14-7(2)13-15-10-4-8(12)3-9(6)11(10)14/h3-4,6-7,13H,5H2,1-2H3. The summed E-state index contributed by atoms with van der Waals surface area (Å²) in [6.07, 6.45) is 0.410. The monoisotopic (exact) mass is 240 g/mol. The van der Waals surface area contributed by atoms with Crippen LogP contribution in [-0.2, 0) is 0 Å². The number of halogens is 1. The normalized spacial score (nSPS) is 28.1. The van der Waals surface area contributed by atoms with Crippen LogP contribution in [0, 0.1) is 0 Å². The summed E-state index contributed by atoms with van der Waals surface area (Å²) in [5.41, 5.74) is 2.79. The summed E-state index contributed by atoms with van der Waals surface area (Å²) in [7, 11) is 0. The van der Waals surface area contributed by atoms with Crippen LogP contribution in [0.2, 0.25) is 5.02 Å². The van der Waals surface area contributed by atoms with Crippen LogP contribution in [0.4, 0.5) is 5.69 Å². The molecule has 2 atom stereocenters. The predicted molar refractivity (Wildman–Crippen MR) is 65.7 cm³/mol. The molecule has 0 spiro atoms. The second-order valence-electron chi connectivity index (χ2n) is 4.29. The molecule has 2 unspecified atom stereocenters. The largest absolute Gasteiger partial charge is 0.354 e. The molecule has 1 aromatic carbocycles. The summed E-state index contributed by atoms with van der Waals surface area (Å²) in [6, 6.07) is 4.17. The van der Waals surface area contributed by atoms with Crippen molar-refractivity contribution < 1.29 is 0 Å². The molecule has 0 amide bonds. The van der Waals surface area contributed by atoms with Crippen LogP contribution < -0.4 is 9.62 Å². The number of benzene rings is 1. The topological polar surface area (TPSA) is 15.3 Å². The van der Waals surface area contributed by atoms with Gasteiger partial charge >= 0.3 is 0 Å². The van der Waals surface area contributed by atoms with Crippen LogP contribution in [-0.4, -0.2) is 12.7 Å². The average Bonchev–Trinajstić information content (AvgIpc) is 2.52. The molecule has 0 saturated carbocycles. The maximum Gasteiger partial charge on any atom is 0.0861 e. The zero-order valence-electron chi connectivity index (χ0n) is 8.75. The molecule has 4 heteroatoms. The summed E-state index contributed by atoms with van der Waals surface area (Å²) in [5.74, 6) is 0.584. The first-order valence-electron chi connectivity index (χ1n) is 5.19. The van der Waals surface area contributed by atoms with Gasteiger partial charge in [-0.1, -0.05) is 18.5 Å². The van der Waals surface area contributed by atoms with Gasteiger partial charge in [0.15, 0.2) is 0 Å². The number of hydrogen-bond acceptors (Lipinski definition) is 3. The Labute approximate surface area is 99.1 Å². The van der Waals surface area contributed by atoms with Gasteiger partial charge in [-0.15, -0.1) is 0 Å². The van der Waals surface area contributed by atoms with E-state index in [0.717, 1.165) is 11.6 Å². The minimum absolute atomic E-state index is 0.410. The molecule has 2 aliphatic heterocycles. The third kappa shape index (κ3) is 1.37. The highest BCUT2D eigenvalue weighted by Gasteiger charge is 2.34. The summed E-state index contributed by atoms with van der Waals surface area (Å²) in [5, 5.41) is 0.848. The molecule has 15 heavy (non-hydrogen) atoms. The van der Waals surface area contributed by atoms with Crippen molar-refractivity contribution in [2.24, 2.45) is 0 Å². The molecule has 0 bridgehead atoms. The molecule has 1 aromatic rings. The lowest BCUT2D eigenvalue weighted by Gasteiger charge is -2.33. The van der Waals surface area contributed by atoms with Gasteiger partial charge in [0.05, 0.1) is 11.9 Å². The van der Waals surface area contributed by atoms with E-state index >= 15 is 0 Å². The molecular formula is C11H13ClN2S. The average molecular weight is 241 g/mol. The van der Waals surface area contributed by atoms with E-state index in [4.69, 9.17) is 11.6 Å². The summed E-state index contributed by atoms with van der Waals surface area (Å²) in [4.78, 5) is 3.70. The van der Waals surface area contributed by atoms with Gasteiger partial charge in [-0.25, -0.2) is 4.72 Å². The first-order valence-corrected chi connectivity index (χ1v) is 6.38. The Hall–Kier alpha value is -0.380. The smallest absolute Gasteiger partial charge is 0.0861 e. The highest BCUT2D eigenvalue weighted by Crippen LogP contribution is 2.46. The lowest BCUT2D eigenvalue weighted by atomic mass is 10.0. The first kappa shape index (κ1) is 9.82. The number of nitrogens with one attached hydrogen (secondary N) is 1. The van der Waals surface area contributed by atoms with Gasteiger partial charge in [0.2, 0.25) is 0 Å². The van der Waals surface area contributed by atoms with Crippen molar-refractivity contribution in [3.63, 3.8) is 0 Å². The van der Waals surface area contributed by atoms with Gasteiger partial charge in [-0.2, -0.15) is 0 Å². The van der Waals surface area contributed by atoms with Crippen LogP contribution in [0.15, 0.2) is 17.0 Å². The zero-order chi connectivity index (χ0) is 10.6. The van der Waals surface area contributed by atoms with Gasteiger partial charge in [0.25, 0.3) is 0 Å². The fraction of sp³-hybridized carbons (Fsp3) is 0.455. The minimum Gasteiger partial charge on any atom is -0.354 e. The number of hydrogen-bond donors (Lipinski definition) is 1. The van der Waals surface area contributed by atoms with Crippen LogP contribution in [0.3, 0.4) is 0 Å². The fourth-order valence-electron chi connectivity index (χ4n) is 2.40. The van der Waals surface area contributed by atoms with Crippen molar-refractivity contribution in [2.75, 3.05) is 11.4 Å². The third-order valence-electron chi connectivity index (χ3n) is 3.16. The summed E-state index contributed by atoms with van der Waals surface area (Å²) < 4.78 is 3.40. The summed E-state index contributed by atoms with van der Waals surface area (Å²) >= 11 is 7.82. The third-order valence-corrected chi connectivity index (χ3v) is 4.37. The molecule has 0 aromatic heterocycles. The maximum absolute atomic E-state index is 6.12. The van der Waals surface area contributed by atoms with E-state index in [1.807, 2.05) is 0 Å². The molecule has 0 saturated heterocycles. The van der Waals surface area contributed by atoms with Crippen molar-refractivity contribution in [3.05, 3.63) is 22.7 Å². The Morgan fingerprint density at radius 2 is 2.27 bits per heavy atom. The van der Waals surface area contributed by atoms with Crippen LogP contribution in [0.5, 0.6) is 0 Å². The summed E-state index contributed by atoms with van der Waals surface area (Å²) in [6.45, 7) is 5.56. The molecule has 0 aliphatic carbocycles. The second kappa shape index (κ2) is 3.30. The zero-order valence-corrected chi connectivity index (χ0v) is 10.3. The highest BCUT2D eigenvalue weighted by atomic mass is 35.5. The lowest BCUT2D eigenvalue weighted by molar-refractivity contribution is 0.610. The van der Waals surface area contributed by atoms with E-state index in [2.05, 4.69) is 35.6 Å². The number of anilines is 1. The number of rotatable bonds is 0. The Morgan fingerprint density at radius 3 is 3.07 bits per heavy atom. The van der Waals surface area contributed by atoms with E-state index in [1.54, 1.807) is 11.9 Å². The van der Waals surface area contributed by atoms with E-state index in [9.17, 15) is 0 Å². The SMILES string of the molecule is CC1CN2c3c(cc(Cl)cc31)SNC2C. The van der Waals surface area contributed by atoms with Crippen LogP contribution in [0.25, 0.3) is 0 Å². The van der Waals surface area contributed by atoms with Gasteiger partial charge in [0, 0.05) is 22.4 Å². The molecule has 80 valence electrons. The van der Waals surface area contributed by atoms with Crippen LogP contribution >= 0.6 is 23.5 Å². The molecule has 0 fully saturated rings. The Morgan fingerprint density at radius 1 is 1.47 bits per heavy atom. The van der Waals surface area contributed by atoms with E-state index in [-0.39, 0.29) is 0 Å². The minimum atomic E-state index is 0.410. The molecule has 2 heterocycles. The van der Waals surface area contributed by atoms with E-state index in [0.29, 0.717) is 12.1 Å². The van der Waals surface area contributed by atoms with Gasteiger partial charge in [0.1, 0.15) is 0 Å². The fourth-order valence-corrected chi connectivity index (χ4v) is 3.64. The Balaban J connectivity index is 2.21. The molecule has 0 radical (unpaired) electrons. The Kier molecular flexibility index (Phi) is 2.16. The molecule has 3 rings (SSSR count). The quantitative estimate of drug-likeness (QED) is 0.701. The van der Waals surface area contributed by atoms with Gasteiger partial charge in [-0.3, -0.25) is 0 Å². The molecule has 2 aliphatic rings. The van der Waals surface area contributed by atoms with Crippen LogP contribution in [0.1, 0.15) is 25.3 Å². The molecule has 1 N–H and O–H groups in total. The maximum atomic E-state index is 6.12. The van der Waals surface area contributed by atoms with Crippen molar-refractivity contribution in [3.8, 4) is 0 Å². The number of nitrogens with zero attached hydrogens (tertiary/aromatic N) is 1. The van der Waals surface area contributed by atoms with Gasteiger partial charge < -0.3 is 4.90 Å². The van der Waals surface area contributed by atoms with Crippen molar-refractivity contribution in [2.45, 2.75) is 30.8 Å². The highest BCUT2D eigenvalue weighted by molar-refractivity contribution is 7.97. The van der Waals surface area contributed by atoms with Gasteiger partial charge in [-0.05, 0) is 36.6 Å². The lowest BCUT2D eigenvalue weighted by Crippen LogP contribution is -2.42. The van der Waals surface area contributed by atoms with E-state index in [1.165, 1.54) is 16.1 Å². The molecule has 2 nitrogen and oxygen atoms in total.